The van der Waals surface area contributed by atoms with E-state index in [9.17, 15) is 4.79 Å². The summed E-state index contributed by atoms with van der Waals surface area (Å²) in [7, 11) is 0. The standard InChI is InChI=1S/C22H21Cl2N5O2S/c1-3-32-22-27-21-26-12(2)18(20(25)30)19(29(21)28-22)15-6-4-5-7-17(15)31-11-13-8-9-14(23)10-16(13)24/h4-10,19H,3,11H2,1-2H3,(H2,25,30)(H,26,27,28). The molecule has 0 saturated carbocycles. The van der Waals surface area contributed by atoms with Crippen LogP contribution in [0.4, 0.5) is 5.95 Å². The van der Waals surface area contributed by atoms with Crippen LogP contribution in [0.3, 0.4) is 0 Å². The number of thioether (sulfide) groups is 1. The van der Waals surface area contributed by atoms with E-state index in [-0.39, 0.29) is 6.61 Å². The zero-order valence-electron chi connectivity index (χ0n) is 17.4. The zero-order valence-corrected chi connectivity index (χ0v) is 19.8. The van der Waals surface area contributed by atoms with Gasteiger partial charge in [-0.3, -0.25) is 4.79 Å². The van der Waals surface area contributed by atoms with Gasteiger partial charge in [0.1, 0.15) is 18.4 Å². The van der Waals surface area contributed by atoms with Crippen LogP contribution in [0.5, 0.6) is 5.75 Å². The van der Waals surface area contributed by atoms with E-state index in [0.29, 0.717) is 38.2 Å². The summed E-state index contributed by atoms with van der Waals surface area (Å²) in [6.07, 6.45) is 0. The summed E-state index contributed by atoms with van der Waals surface area (Å²) in [5.74, 6) is 1.42. The van der Waals surface area contributed by atoms with Gasteiger partial charge in [-0.25, -0.2) is 4.68 Å². The highest BCUT2D eigenvalue weighted by Gasteiger charge is 2.35. The summed E-state index contributed by atoms with van der Waals surface area (Å²) < 4.78 is 7.82. The molecule has 1 amide bonds. The van der Waals surface area contributed by atoms with Gasteiger partial charge >= 0.3 is 0 Å². The van der Waals surface area contributed by atoms with Gasteiger partial charge in [0.15, 0.2) is 0 Å². The number of nitrogens with two attached hydrogens (primary N) is 1. The molecule has 1 aliphatic rings. The molecule has 1 aromatic heterocycles. The van der Waals surface area contributed by atoms with Crippen LogP contribution in [0.2, 0.25) is 10.0 Å². The predicted molar refractivity (Wildman–Crippen MR) is 127 cm³/mol. The van der Waals surface area contributed by atoms with E-state index in [0.717, 1.165) is 16.9 Å². The third-order valence-electron chi connectivity index (χ3n) is 4.98. The van der Waals surface area contributed by atoms with Crippen LogP contribution in [-0.4, -0.2) is 26.4 Å². The first kappa shape index (κ1) is 22.5. The molecule has 32 heavy (non-hydrogen) atoms. The van der Waals surface area contributed by atoms with Crippen LogP contribution in [-0.2, 0) is 11.4 Å². The molecular formula is C22H21Cl2N5O2S. The maximum Gasteiger partial charge on any atom is 0.248 e. The summed E-state index contributed by atoms with van der Waals surface area (Å²) in [6, 6.07) is 12.1. The number of primary amides is 1. The van der Waals surface area contributed by atoms with Crippen LogP contribution in [0.15, 0.2) is 58.9 Å². The minimum absolute atomic E-state index is 0.230. The second-order valence-corrected chi connectivity index (χ2v) is 9.16. The second-order valence-electron chi connectivity index (χ2n) is 7.09. The Kier molecular flexibility index (Phi) is 6.64. The van der Waals surface area contributed by atoms with Crippen molar-refractivity contribution in [2.45, 2.75) is 31.7 Å². The smallest absolute Gasteiger partial charge is 0.248 e. The Morgan fingerprint density at radius 2 is 2.06 bits per heavy atom. The third kappa shape index (κ3) is 4.44. The Morgan fingerprint density at radius 1 is 1.28 bits per heavy atom. The molecule has 0 saturated heterocycles. The molecule has 0 bridgehead atoms. The maximum atomic E-state index is 12.4. The summed E-state index contributed by atoms with van der Waals surface area (Å²) in [5, 5.41) is 9.46. The fourth-order valence-electron chi connectivity index (χ4n) is 3.56. The average Bonchev–Trinajstić information content (AvgIpc) is 3.14. The van der Waals surface area contributed by atoms with Gasteiger partial charge in [0, 0.05) is 26.9 Å². The van der Waals surface area contributed by atoms with Crippen LogP contribution < -0.4 is 15.8 Å². The number of ether oxygens (including phenoxy) is 1. The number of hydrogen-bond acceptors (Lipinski definition) is 6. The number of fused-ring (bicyclic) bond motifs is 1. The molecule has 0 spiro atoms. The zero-order chi connectivity index (χ0) is 22.8. The van der Waals surface area contributed by atoms with Crippen molar-refractivity contribution in [3.63, 3.8) is 0 Å². The fraction of sp³-hybridized carbons (Fsp3) is 0.227. The van der Waals surface area contributed by atoms with Gasteiger partial charge in [-0.1, -0.05) is 66.2 Å². The molecule has 7 nitrogen and oxygen atoms in total. The lowest BCUT2D eigenvalue weighted by Crippen LogP contribution is -2.32. The summed E-state index contributed by atoms with van der Waals surface area (Å²) in [4.78, 5) is 17.0. The van der Waals surface area contributed by atoms with Gasteiger partial charge in [0.2, 0.25) is 17.0 Å². The number of benzene rings is 2. The SMILES string of the molecule is CCSc1nc2n(n1)C(c1ccccc1OCc1ccc(Cl)cc1Cl)C(C(N)=O)=C(C)N2. The van der Waals surface area contributed by atoms with E-state index in [1.165, 1.54) is 11.8 Å². The number of nitrogens with zero attached hydrogens (tertiary/aromatic N) is 3. The number of rotatable bonds is 7. The number of amides is 1. The number of nitrogens with one attached hydrogen (secondary N) is 1. The van der Waals surface area contributed by atoms with Crippen LogP contribution in [0.25, 0.3) is 0 Å². The van der Waals surface area contributed by atoms with Gasteiger partial charge < -0.3 is 15.8 Å². The first-order chi connectivity index (χ1) is 15.4. The first-order valence-electron chi connectivity index (χ1n) is 9.91. The summed E-state index contributed by atoms with van der Waals surface area (Å²) in [6.45, 7) is 4.06. The van der Waals surface area contributed by atoms with Crippen LogP contribution >= 0.6 is 35.0 Å². The van der Waals surface area contributed by atoms with Crippen LogP contribution in [0.1, 0.15) is 31.0 Å². The van der Waals surface area contributed by atoms with E-state index in [1.54, 1.807) is 23.7 Å². The minimum Gasteiger partial charge on any atom is -0.488 e. The maximum absolute atomic E-state index is 12.4. The molecule has 0 fully saturated rings. The molecular weight excluding hydrogens is 469 g/mol. The van der Waals surface area contributed by atoms with E-state index in [2.05, 4.69) is 15.4 Å². The summed E-state index contributed by atoms with van der Waals surface area (Å²) >= 11 is 13.8. The number of aromatic nitrogens is 3. The van der Waals surface area contributed by atoms with E-state index >= 15 is 0 Å². The second kappa shape index (κ2) is 9.44. The Bertz CT molecular complexity index is 1210. The van der Waals surface area contributed by atoms with Crippen molar-refractivity contribution in [1.29, 1.82) is 0 Å². The Morgan fingerprint density at radius 3 is 2.78 bits per heavy atom. The molecule has 2 aromatic carbocycles. The Labute approximate surface area is 199 Å². The van der Waals surface area contributed by atoms with E-state index in [1.807, 2.05) is 37.3 Å². The molecule has 1 atom stereocenters. The lowest BCUT2D eigenvalue weighted by atomic mass is 9.94. The number of carbonyl (C=O) groups excluding carboxylic acids is 1. The summed E-state index contributed by atoms with van der Waals surface area (Å²) in [5.41, 5.74) is 8.35. The number of carbonyl (C=O) groups is 1. The molecule has 3 aromatic rings. The Hall–Kier alpha value is -2.68. The van der Waals surface area contributed by atoms with Gasteiger partial charge in [-0.2, -0.15) is 4.98 Å². The van der Waals surface area contributed by atoms with Crippen molar-refractivity contribution < 1.29 is 9.53 Å². The molecule has 3 N–H and O–H groups in total. The molecule has 1 aliphatic heterocycles. The van der Waals surface area contributed by atoms with Gasteiger partial charge in [0.05, 0.1) is 5.57 Å². The normalized spacial score (nSPS) is 15.3. The highest BCUT2D eigenvalue weighted by atomic mass is 35.5. The van der Waals surface area contributed by atoms with Gasteiger partial charge in [-0.05, 0) is 30.9 Å². The van der Waals surface area contributed by atoms with Crippen molar-refractivity contribution in [1.82, 2.24) is 14.8 Å². The monoisotopic (exact) mass is 489 g/mol. The van der Waals surface area contributed by atoms with Crippen molar-refractivity contribution >= 4 is 46.8 Å². The molecule has 0 aliphatic carbocycles. The predicted octanol–water partition coefficient (Wildman–Crippen LogP) is 5.05. The molecule has 10 heteroatoms. The molecule has 2 heterocycles. The van der Waals surface area contributed by atoms with Crippen molar-refractivity contribution in [2.24, 2.45) is 5.73 Å². The first-order valence-corrected chi connectivity index (χ1v) is 11.7. The highest BCUT2D eigenvalue weighted by Crippen LogP contribution is 2.39. The van der Waals surface area contributed by atoms with E-state index < -0.39 is 11.9 Å². The van der Waals surface area contributed by atoms with Crippen molar-refractivity contribution in [3.8, 4) is 5.75 Å². The van der Waals surface area contributed by atoms with Gasteiger partial charge in [-0.15, -0.1) is 5.10 Å². The fourth-order valence-corrected chi connectivity index (χ4v) is 4.58. The third-order valence-corrected chi connectivity index (χ3v) is 6.29. The molecule has 4 rings (SSSR count). The number of para-hydroxylation sites is 1. The lowest BCUT2D eigenvalue weighted by Gasteiger charge is -2.28. The van der Waals surface area contributed by atoms with Crippen molar-refractivity contribution in [2.75, 3.05) is 11.1 Å². The van der Waals surface area contributed by atoms with Crippen LogP contribution in [0, 0.1) is 0 Å². The largest absolute Gasteiger partial charge is 0.488 e. The minimum atomic E-state index is -0.584. The number of anilines is 1. The van der Waals surface area contributed by atoms with Gasteiger partial charge in [0.25, 0.3) is 0 Å². The van der Waals surface area contributed by atoms with E-state index in [4.69, 9.17) is 33.7 Å². The molecule has 0 radical (unpaired) electrons. The van der Waals surface area contributed by atoms with Crippen molar-refractivity contribution in [3.05, 3.63) is 74.9 Å². The quantitative estimate of drug-likeness (QED) is 0.450. The Balaban J connectivity index is 1.75. The number of hydrogen-bond donors (Lipinski definition) is 2. The average molecular weight is 490 g/mol. The molecule has 166 valence electrons. The highest BCUT2D eigenvalue weighted by molar-refractivity contribution is 7.99. The number of allylic oxidation sites excluding steroid dienone is 1. The molecule has 1 unspecified atom stereocenters. The topological polar surface area (TPSA) is 95.1 Å². The number of halogens is 2. The lowest BCUT2D eigenvalue weighted by molar-refractivity contribution is -0.115.